The molecule has 2 atom stereocenters. The number of aromatic nitrogens is 2. The monoisotopic (exact) mass is 312 g/mol. The number of amides is 1. The maximum absolute atomic E-state index is 12.6. The van der Waals surface area contributed by atoms with Gasteiger partial charge in [-0.3, -0.25) is 18.9 Å². The van der Waals surface area contributed by atoms with Crippen molar-refractivity contribution in [2.24, 2.45) is 0 Å². The molecule has 0 aliphatic carbocycles. The van der Waals surface area contributed by atoms with Crippen molar-refractivity contribution in [1.82, 2.24) is 19.6 Å². The van der Waals surface area contributed by atoms with E-state index in [1.807, 2.05) is 6.07 Å². The van der Waals surface area contributed by atoms with E-state index in [1.165, 1.54) is 23.4 Å². The van der Waals surface area contributed by atoms with E-state index in [0.29, 0.717) is 11.7 Å². The molecule has 0 saturated carbocycles. The van der Waals surface area contributed by atoms with Gasteiger partial charge in [0.1, 0.15) is 11.2 Å². The molecule has 0 unspecified atom stereocenters. The van der Waals surface area contributed by atoms with E-state index >= 15 is 0 Å². The topological polar surface area (TPSA) is 66.7 Å². The van der Waals surface area contributed by atoms with Gasteiger partial charge in [0.15, 0.2) is 0 Å². The van der Waals surface area contributed by atoms with Crippen LogP contribution in [0, 0.1) is 0 Å². The van der Waals surface area contributed by atoms with Crippen LogP contribution in [-0.2, 0) is 0 Å². The van der Waals surface area contributed by atoms with Gasteiger partial charge in [-0.25, -0.2) is 4.98 Å². The molecule has 4 rings (SSSR count). The molecule has 0 spiro atoms. The van der Waals surface area contributed by atoms with E-state index in [2.05, 4.69) is 15.2 Å². The van der Waals surface area contributed by atoms with Crippen LogP contribution in [0.25, 0.3) is 5.65 Å². The van der Waals surface area contributed by atoms with Crippen LogP contribution in [0.5, 0.6) is 0 Å². The highest BCUT2D eigenvalue weighted by atomic mass is 16.2. The summed E-state index contributed by atoms with van der Waals surface area (Å²) >= 11 is 0. The number of pyridine rings is 1. The summed E-state index contributed by atoms with van der Waals surface area (Å²) in [6.45, 7) is 2.15. The molecule has 6 heteroatoms. The van der Waals surface area contributed by atoms with Crippen LogP contribution in [0.3, 0.4) is 0 Å². The van der Waals surface area contributed by atoms with Crippen molar-refractivity contribution in [3.8, 4) is 0 Å². The average Bonchev–Trinajstić information content (AvgIpc) is 2.98. The first-order valence-electron chi connectivity index (χ1n) is 8.25. The van der Waals surface area contributed by atoms with Crippen LogP contribution in [0.1, 0.15) is 36.0 Å². The maximum Gasteiger partial charge on any atom is 0.270 e. The fourth-order valence-electron chi connectivity index (χ4n) is 3.84. The normalized spacial score (nSPS) is 24.5. The summed E-state index contributed by atoms with van der Waals surface area (Å²) in [6, 6.07) is 5.88. The highest BCUT2D eigenvalue weighted by Gasteiger charge is 2.36. The minimum atomic E-state index is -0.313. The third-order valence-corrected chi connectivity index (χ3v) is 5.03. The number of nitrogens with one attached hydrogen (secondary N) is 1. The first-order chi connectivity index (χ1) is 11.2. The molecule has 1 N–H and O–H groups in total. The Balaban J connectivity index is 1.58. The Hall–Kier alpha value is -2.21. The van der Waals surface area contributed by atoms with Gasteiger partial charge in [-0.1, -0.05) is 12.5 Å². The highest BCUT2D eigenvalue weighted by Crippen LogP contribution is 2.27. The molecular formula is C17H20N4O2. The summed E-state index contributed by atoms with van der Waals surface area (Å²) in [4.78, 5) is 31.7. The summed E-state index contributed by atoms with van der Waals surface area (Å²) < 4.78 is 1.41. The highest BCUT2D eigenvalue weighted by molar-refractivity contribution is 5.94. The fraction of sp³-hybridized carbons (Fsp3) is 0.471. The largest absolute Gasteiger partial charge is 0.347 e. The van der Waals surface area contributed by atoms with Gasteiger partial charge in [0, 0.05) is 31.0 Å². The minimum Gasteiger partial charge on any atom is -0.347 e. The summed E-state index contributed by atoms with van der Waals surface area (Å²) in [5, 5.41) is 3.07. The Morgan fingerprint density at radius 1 is 1.22 bits per heavy atom. The lowest BCUT2D eigenvalue weighted by Crippen LogP contribution is -2.47. The second-order valence-electron chi connectivity index (χ2n) is 6.37. The summed E-state index contributed by atoms with van der Waals surface area (Å²) in [5.74, 6) is -0.307. The van der Waals surface area contributed by atoms with Gasteiger partial charge in [0.05, 0.1) is 0 Å². The van der Waals surface area contributed by atoms with Crippen molar-refractivity contribution in [3.63, 3.8) is 0 Å². The number of carbonyl (C=O) groups is 1. The Kier molecular flexibility index (Phi) is 3.61. The molecule has 23 heavy (non-hydrogen) atoms. The molecule has 2 aliphatic heterocycles. The Labute approximate surface area is 134 Å². The quantitative estimate of drug-likeness (QED) is 0.900. The fourth-order valence-corrected chi connectivity index (χ4v) is 3.84. The molecule has 2 aromatic heterocycles. The van der Waals surface area contributed by atoms with E-state index in [4.69, 9.17) is 0 Å². The van der Waals surface area contributed by atoms with Crippen molar-refractivity contribution in [2.45, 2.75) is 37.8 Å². The zero-order chi connectivity index (χ0) is 15.8. The van der Waals surface area contributed by atoms with Gasteiger partial charge < -0.3 is 5.32 Å². The zero-order valence-electron chi connectivity index (χ0n) is 12.9. The number of carbonyl (C=O) groups excluding carboxylic acids is 1. The number of piperidine rings is 1. The second-order valence-corrected chi connectivity index (χ2v) is 6.37. The van der Waals surface area contributed by atoms with Crippen molar-refractivity contribution >= 4 is 11.6 Å². The van der Waals surface area contributed by atoms with Crippen LogP contribution in [-0.4, -0.2) is 45.4 Å². The van der Waals surface area contributed by atoms with Crippen LogP contribution in [0.15, 0.2) is 35.4 Å². The maximum atomic E-state index is 12.6. The number of hydrogen-bond acceptors (Lipinski definition) is 4. The first kappa shape index (κ1) is 14.4. The molecule has 2 fully saturated rings. The smallest absolute Gasteiger partial charge is 0.270 e. The van der Waals surface area contributed by atoms with Gasteiger partial charge in [0.2, 0.25) is 0 Å². The Morgan fingerprint density at radius 2 is 2.13 bits per heavy atom. The molecule has 1 amide bonds. The molecule has 120 valence electrons. The number of rotatable bonds is 2. The van der Waals surface area contributed by atoms with E-state index in [1.54, 1.807) is 18.3 Å². The standard InChI is InChI=1S/C17H20N4O2/c22-16(19-13-7-10-20-8-3-1-5-14(13)20)12-11-18-15-6-2-4-9-21(15)17(12)23/h2,4,6,9,11,13-14H,1,3,5,7-8,10H2,(H,19,22)/t13-,14-/m0/s1. The van der Waals surface area contributed by atoms with E-state index in [-0.39, 0.29) is 23.1 Å². The molecular weight excluding hydrogens is 292 g/mol. The Bertz CT molecular complexity index is 801. The van der Waals surface area contributed by atoms with Crippen LogP contribution in [0.2, 0.25) is 0 Å². The van der Waals surface area contributed by atoms with Crippen LogP contribution in [0.4, 0.5) is 0 Å². The molecule has 2 aromatic rings. The van der Waals surface area contributed by atoms with Crippen molar-refractivity contribution in [1.29, 1.82) is 0 Å². The number of hydrogen-bond donors (Lipinski definition) is 1. The van der Waals surface area contributed by atoms with E-state index in [0.717, 1.165) is 25.9 Å². The molecule has 0 aromatic carbocycles. The third-order valence-electron chi connectivity index (χ3n) is 5.03. The predicted octanol–water partition coefficient (Wildman–Crippen LogP) is 1.05. The summed E-state index contributed by atoms with van der Waals surface area (Å²) in [6.07, 6.45) is 7.57. The van der Waals surface area contributed by atoms with Crippen molar-refractivity contribution < 1.29 is 4.79 Å². The van der Waals surface area contributed by atoms with Gasteiger partial charge in [-0.15, -0.1) is 0 Å². The predicted molar refractivity (Wildman–Crippen MR) is 86.5 cm³/mol. The molecule has 4 heterocycles. The lowest BCUT2D eigenvalue weighted by atomic mass is 9.99. The minimum absolute atomic E-state index is 0.114. The molecule has 6 nitrogen and oxygen atoms in total. The lowest BCUT2D eigenvalue weighted by molar-refractivity contribution is 0.0913. The van der Waals surface area contributed by atoms with Crippen molar-refractivity contribution in [2.75, 3.05) is 13.1 Å². The van der Waals surface area contributed by atoms with Crippen LogP contribution >= 0.6 is 0 Å². The summed E-state index contributed by atoms with van der Waals surface area (Å²) in [5.41, 5.74) is 0.350. The number of fused-ring (bicyclic) bond motifs is 2. The van der Waals surface area contributed by atoms with E-state index < -0.39 is 0 Å². The molecule has 2 saturated heterocycles. The third kappa shape index (κ3) is 2.53. The molecule has 2 aliphatic rings. The van der Waals surface area contributed by atoms with Gasteiger partial charge in [-0.2, -0.15) is 0 Å². The first-order valence-corrected chi connectivity index (χ1v) is 8.25. The second kappa shape index (κ2) is 5.77. The molecule has 0 bridgehead atoms. The van der Waals surface area contributed by atoms with Gasteiger partial charge in [-0.05, 0) is 37.9 Å². The lowest BCUT2D eigenvalue weighted by Gasteiger charge is -2.32. The van der Waals surface area contributed by atoms with E-state index in [9.17, 15) is 9.59 Å². The summed E-state index contributed by atoms with van der Waals surface area (Å²) in [7, 11) is 0. The van der Waals surface area contributed by atoms with Crippen LogP contribution < -0.4 is 10.9 Å². The number of nitrogens with zero attached hydrogens (tertiary/aromatic N) is 3. The average molecular weight is 312 g/mol. The van der Waals surface area contributed by atoms with Gasteiger partial charge >= 0.3 is 0 Å². The van der Waals surface area contributed by atoms with Gasteiger partial charge in [0.25, 0.3) is 11.5 Å². The Morgan fingerprint density at radius 3 is 3.04 bits per heavy atom. The van der Waals surface area contributed by atoms with Crippen molar-refractivity contribution in [3.05, 3.63) is 46.5 Å². The zero-order valence-corrected chi connectivity index (χ0v) is 12.9. The SMILES string of the molecule is O=C(N[C@H]1CCN2CCCC[C@@H]12)c1cnc2ccccn2c1=O. The molecule has 0 radical (unpaired) electrons.